The molecular formula is C20H28N2O3. The number of ether oxygens (including phenoxy) is 1. The van der Waals surface area contributed by atoms with Crippen LogP contribution in [0.3, 0.4) is 0 Å². The van der Waals surface area contributed by atoms with Crippen LogP contribution in [0.25, 0.3) is 0 Å². The third-order valence-electron chi connectivity index (χ3n) is 5.73. The van der Waals surface area contributed by atoms with Gasteiger partial charge in [-0.3, -0.25) is 9.59 Å². The summed E-state index contributed by atoms with van der Waals surface area (Å²) in [7, 11) is 0. The number of hydrogen-bond donors (Lipinski definition) is 2. The summed E-state index contributed by atoms with van der Waals surface area (Å²) >= 11 is 0. The monoisotopic (exact) mass is 344 g/mol. The number of carbonyl (C=O) groups is 2. The molecule has 2 aliphatic rings. The third kappa shape index (κ3) is 3.87. The van der Waals surface area contributed by atoms with Crippen LogP contribution in [0.2, 0.25) is 0 Å². The Balaban J connectivity index is 1.55. The van der Waals surface area contributed by atoms with E-state index < -0.39 is 5.41 Å². The summed E-state index contributed by atoms with van der Waals surface area (Å²) in [5.74, 6) is 0.504. The highest BCUT2D eigenvalue weighted by atomic mass is 16.5. The zero-order valence-electron chi connectivity index (χ0n) is 15.1. The van der Waals surface area contributed by atoms with Crippen molar-refractivity contribution >= 4 is 11.8 Å². The van der Waals surface area contributed by atoms with Gasteiger partial charge in [0.05, 0.1) is 5.41 Å². The van der Waals surface area contributed by atoms with E-state index in [9.17, 15) is 9.59 Å². The van der Waals surface area contributed by atoms with Crippen molar-refractivity contribution in [2.45, 2.75) is 44.9 Å². The lowest BCUT2D eigenvalue weighted by atomic mass is 9.79. The summed E-state index contributed by atoms with van der Waals surface area (Å²) in [6, 6.07) is 8.57. The Bertz CT molecular complexity index is 633. The van der Waals surface area contributed by atoms with Crippen LogP contribution in [0.1, 0.15) is 56.1 Å². The second-order valence-electron chi connectivity index (χ2n) is 7.74. The van der Waals surface area contributed by atoms with E-state index in [1.165, 1.54) is 11.1 Å². The van der Waals surface area contributed by atoms with Gasteiger partial charge >= 0.3 is 0 Å². The maximum Gasteiger partial charge on any atom is 0.225 e. The fraction of sp³-hybridized carbons (Fsp3) is 0.600. The maximum atomic E-state index is 12.5. The molecular weight excluding hydrogens is 316 g/mol. The minimum atomic E-state index is -0.656. The molecule has 2 unspecified atom stereocenters. The average molecular weight is 344 g/mol. The second-order valence-corrected chi connectivity index (χ2v) is 7.74. The molecule has 2 amide bonds. The van der Waals surface area contributed by atoms with Gasteiger partial charge in [0.1, 0.15) is 0 Å². The number of primary amides is 1. The molecule has 3 N–H and O–H groups in total. The lowest BCUT2D eigenvalue weighted by Gasteiger charge is -2.34. The van der Waals surface area contributed by atoms with Crippen LogP contribution in [0, 0.1) is 11.3 Å². The van der Waals surface area contributed by atoms with Crippen LogP contribution in [0.4, 0.5) is 0 Å². The first kappa shape index (κ1) is 17.9. The second kappa shape index (κ2) is 7.16. The van der Waals surface area contributed by atoms with E-state index in [1.54, 1.807) is 0 Å². The van der Waals surface area contributed by atoms with Gasteiger partial charge < -0.3 is 15.8 Å². The van der Waals surface area contributed by atoms with Gasteiger partial charge in [-0.25, -0.2) is 0 Å². The largest absolute Gasteiger partial charge is 0.381 e. The predicted octanol–water partition coefficient (Wildman–Crippen LogP) is 2.31. The maximum absolute atomic E-state index is 12.5. The Kier molecular flexibility index (Phi) is 5.13. The lowest BCUT2D eigenvalue weighted by molar-refractivity contribution is -0.134. The van der Waals surface area contributed by atoms with Crippen molar-refractivity contribution in [2.24, 2.45) is 17.1 Å². The summed E-state index contributed by atoms with van der Waals surface area (Å²) in [5.41, 5.74) is 7.47. The summed E-state index contributed by atoms with van der Waals surface area (Å²) in [6.07, 6.45) is 2.03. The molecule has 0 spiro atoms. The summed E-state index contributed by atoms with van der Waals surface area (Å²) in [6.45, 7) is 5.71. The minimum absolute atomic E-state index is 0.00895. The van der Waals surface area contributed by atoms with Crippen molar-refractivity contribution in [2.75, 3.05) is 19.8 Å². The normalized spacial score (nSPS) is 24.8. The molecule has 1 heterocycles. The number of nitrogens with two attached hydrogens (primary N) is 1. The molecule has 1 aromatic rings. The number of nitrogens with one attached hydrogen (secondary N) is 1. The average Bonchev–Trinajstić information content (AvgIpc) is 3.41. The van der Waals surface area contributed by atoms with Gasteiger partial charge in [0.25, 0.3) is 0 Å². The number of benzene rings is 1. The third-order valence-corrected chi connectivity index (χ3v) is 5.73. The first-order valence-corrected chi connectivity index (χ1v) is 9.18. The molecule has 1 aliphatic heterocycles. The van der Waals surface area contributed by atoms with Crippen molar-refractivity contribution in [1.29, 1.82) is 0 Å². The topological polar surface area (TPSA) is 81.4 Å². The van der Waals surface area contributed by atoms with Gasteiger partial charge in [0, 0.05) is 25.7 Å². The predicted molar refractivity (Wildman–Crippen MR) is 96.1 cm³/mol. The highest BCUT2D eigenvalue weighted by Gasteiger charge is 2.45. The lowest BCUT2D eigenvalue weighted by Crippen LogP contribution is -2.49. The van der Waals surface area contributed by atoms with Crippen molar-refractivity contribution in [3.63, 3.8) is 0 Å². The quantitative estimate of drug-likeness (QED) is 0.831. The standard InChI is InChI=1S/C20H28N2O3/c1-13(2)14-3-5-15(6-4-14)16-11-17(16)18(23)22-12-20(19(21)24)7-9-25-10-8-20/h3-6,13,16-17H,7-12H2,1-2H3,(H2,21,24)(H,22,23). The van der Waals surface area contributed by atoms with E-state index >= 15 is 0 Å². The highest BCUT2D eigenvalue weighted by molar-refractivity contribution is 5.85. The molecule has 1 saturated heterocycles. The van der Waals surface area contributed by atoms with Gasteiger partial charge in [-0.15, -0.1) is 0 Å². The first-order valence-electron chi connectivity index (χ1n) is 9.18. The van der Waals surface area contributed by atoms with E-state index in [0.29, 0.717) is 44.4 Å². The minimum Gasteiger partial charge on any atom is -0.381 e. The SMILES string of the molecule is CC(C)c1ccc(C2CC2C(=O)NCC2(C(N)=O)CCOCC2)cc1. The molecule has 136 valence electrons. The van der Waals surface area contributed by atoms with Crippen molar-refractivity contribution in [3.8, 4) is 0 Å². The van der Waals surface area contributed by atoms with E-state index in [0.717, 1.165) is 6.42 Å². The summed E-state index contributed by atoms with van der Waals surface area (Å²) < 4.78 is 5.32. The summed E-state index contributed by atoms with van der Waals surface area (Å²) in [5, 5.41) is 2.97. The molecule has 0 aromatic heterocycles. The molecule has 1 aromatic carbocycles. The number of amides is 2. The number of carbonyl (C=O) groups excluding carboxylic acids is 2. The smallest absolute Gasteiger partial charge is 0.225 e. The Morgan fingerprint density at radius 3 is 2.44 bits per heavy atom. The van der Waals surface area contributed by atoms with Crippen molar-refractivity contribution in [3.05, 3.63) is 35.4 Å². The van der Waals surface area contributed by atoms with Gasteiger partial charge in [-0.2, -0.15) is 0 Å². The molecule has 0 radical (unpaired) electrons. The first-order chi connectivity index (χ1) is 11.9. The Morgan fingerprint density at radius 2 is 1.88 bits per heavy atom. The molecule has 1 aliphatic carbocycles. The van der Waals surface area contributed by atoms with Gasteiger partial charge in [-0.1, -0.05) is 38.1 Å². The fourth-order valence-corrected chi connectivity index (χ4v) is 3.64. The Hall–Kier alpha value is -1.88. The zero-order valence-corrected chi connectivity index (χ0v) is 15.1. The molecule has 2 fully saturated rings. The van der Waals surface area contributed by atoms with Gasteiger partial charge in [-0.05, 0) is 42.2 Å². The molecule has 25 heavy (non-hydrogen) atoms. The molecule has 1 saturated carbocycles. The van der Waals surface area contributed by atoms with Crippen LogP contribution < -0.4 is 11.1 Å². The molecule has 3 rings (SSSR count). The zero-order chi connectivity index (χ0) is 18.0. The van der Waals surface area contributed by atoms with Crippen LogP contribution in [0.15, 0.2) is 24.3 Å². The van der Waals surface area contributed by atoms with E-state index in [-0.39, 0.29) is 17.7 Å². The molecule has 5 heteroatoms. The Morgan fingerprint density at radius 1 is 1.24 bits per heavy atom. The molecule has 5 nitrogen and oxygen atoms in total. The molecule has 2 atom stereocenters. The van der Waals surface area contributed by atoms with Gasteiger partial charge in [0.2, 0.25) is 11.8 Å². The Labute approximate surface area is 149 Å². The fourth-order valence-electron chi connectivity index (χ4n) is 3.64. The number of hydrogen-bond acceptors (Lipinski definition) is 3. The van der Waals surface area contributed by atoms with E-state index in [1.807, 2.05) is 0 Å². The van der Waals surface area contributed by atoms with E-state index in [4.69, 9.17) is 10.5 Å². The molecule has 0 bridgehead atoms. The van der Waals surface area contributed by atoms with Crippen LogP contribution in [-0.2, 0) is 14.3 Å². The van der Waals surface area contributed by atoms with Crippen molar-refractivity contribution in [1.82, 2.24) is 5.32 Å². The van der Waals surface area contributed by atoms with E-state index in [2.05, 4.69) is 43.4 Å². The van der Waals surface area contributed by atoms with Gasteiger partial charge in [0.15, 0.2) is 0 Å². The summed E-state index contributed by atoms with van der Waals surface area (Å²) in [4.78, 5) is 24.3. The van der Waals surface area contributed by atoms with Crippen LogP contribution in [-0.4, -0.2) is 31.6 Å². The highest BCUT2D eigenvalue weighted by Crippen LogP contribution is 2.47. The van der Waals surface area contributed by atoms with Crippen LogP contribution in [0.5, 0.6) is 0 Å². The number of rotatable bonds is 6. The van der Waals surface area contributed by atoms with Crippen molar-refractivity contribution < 1.29 is 14.3 Å². The van der Waals surface area contributed by atoms with Crippen LogP contribution >= 0.6 is 0 Å².